The van der Waals surface area contributed by atoms with Crippen molar-refractivity contribution in [3.63, 3.8) is 0 Å². The molecule has 0 saturated heterocycles. The second-order valence-electron chi connectivity index (χ2n) is 10.1. The van der Waals surface area contributed by atoms with Crippen LogP contribution in [-0.4, -0.2) is 46.4 Å². The summed E-state index contributed by atoms with van der Waals surface area (Å²) in [6.45, 7) is 7.21. The van der Waals surface area contributed by atoms with E-state index in [0.29, 0.717) is 31.7 Å². The normalized spacial score (nSPS) is 11.1. The van der Waals surface area contributed by atoms with E-state index in [1.807, 2.05) is 69.4 Å². The van der Waals surface area contributed by atoms with Crippen LogP contribution in [0.3, 0.4) is 0 Å². The number of H-pyrrole nitrogens is 1. The van der Waals surface area contributed by atoms with Gasteiger partial charge in [-0.3, -0.25) is 4.79 Å². The molecule has 1 heterocycles. The average Bonchev–Trinajstić information content (AvgIpc) is 3.31. The number of fused-ring (bicyclic) bond motifs is 1. The molecule has 0 aliphatic heterocycles. The first-order valence-corrected chi connectivity index (χ1v) is 13.0. The molecule has 0 saturated carbocycles. The maximum absolute atomic E-state index is 13.7. The van der Waals surface area contributed by atoms with E-state index in [0.717, 1.165) is 27.6 Å². The standard InChI is InChI=1S/C31H35FN4O2/c1-22(2)19-36(31(38)34-27-14-8-23(3)9-15-27)21-30(37)35(20-24-10-12-26(32)13-11-24)17-16-25-18-33-29-7-5-4-6-28(25)29/h4-15,18,22,33H,16-17,19-21H2,1-3H3,(H,34,38). The summed E-state index contributed by atoms with van der Waals surface area (Å²) in [6.07, 6.45) is 2.63. The number of para-hydroxylation sites is 1. The zero-order valence-corrected chi connectivity index (χ0v) is 22.2. The number of aromatic amines is 1. The number of aryl methyl sites for hydroxylation is 1. The molecule has 0 radical (unpaired) electrons. The number of anilines is 1. The number of urea groups is 1. The van der Waals surface area contributed by atoms with E-state index in [9.17, 15) is 14.0 Å². The monoisotopic (exact) mass is 514 g/mol. The van der Waals surface area contributed by atoms with Crippen molar-refractivity contribution in [2.45, 2.75) is 33.7 Å². The predicted molar refractivity (Wildman–Crippen MR) is 150 cm³/mol. The third-order valence-electron chi connectivity index (χ3n) is 6.47. The molecule has 4 aromatic rings. The average molecular weight is 515 g/mol. The number of nitrogens with one attached hydrogen (secondary N) is 2. The van der Waals surface area contributed by atoms with Gasteiger partial charge in [0.15, 0.2) is 0 Å². The lowest BCUT2D eigenvalue weighted by atomic mass is 10.1. The molecule has 3 amide bonds. The van der Waals surface area contributed by atoms with Crippen molar-refractivity contribution in [1.29, 1.82) is 0 Å². The lowest BCUT2D eigenvalue weighted by Crippen LogP contribution is -2.46. The van der Waals surface area contributed by atoms with Crippen LogP contribution in [0.5, 0.6) is 0 Å². The third-order valence-corrected chi connectivity index (χ3v) is 6.47. The predicted octanol–water partition coefficient (Wildman–Crippen LogP) is 6.38. The lowest BCUT2D eigenvalue weighted by Gasteiger charge is -2.29. The van der Waals surface area contributed by atoms with Gasteiger partial charge in [0.1, 0.15) is 12.4 Å². The molecule has 0 aliphatic carbocycles. The van der Waals surface area contributed by atoms with Crippen molar-refractivity contribution in [3.05, 3.63) is 102 Å². The molecule has 1 aromatic heterocycles. The van der Waals surface area contributed by atoms with Crippen LogP contribution in [0.4, 0.5) is 14.9 Å². The van der Waals surface area contributed by atoms with Crippen molar-refractivity contribution in [2.75, 3.05) is 25.0 Å². The summed E-state index contributed by atoms with van der Waals surface area (Å²) in [5, 5.41) is 4.05. The summed E-state index contributed by atoms with van der Waals surface area (Å²) >= 11 is 0. The fourth-order valence-corrected chi connectivity index (χ4v) is 4.46. The summed E-state index contributed by atoms with van der Waals surface area (Å²) in [4.78, 5) is 33.4. The molecule has 6 nitrogen and oxygen atoms in total. The molecule has 0 bridgehead atoms. The minimum Gasteiger partial charge on any atom is -0.361 e. The minimum atomic E-state index is -0.318. The summed E-state index contributed by atoms with van der Waals surface area (Å²) in [5.74, 6) is -0.293. The van der Waals surface area contributed by atoms with E-state index >= 15 is 0 Å². The second kappa shape index (κ2) is 12.4. The Kier molecular flexibility index (Phi) is 8.79. The number of rotatable bonds is 10. The highest BCUT2D eigenvalue weighted by Crippen LogP contribution is 2.19. The summed E-state index contributed by atoms with van der Waals surface area (Å²) in [5.41, 5.74) is 4.79. The topological polar surface area (TPSA) is 68.4 Å². The number of hydrogen-bond donors (Lipinski definition) is 2. The fourth-order valence-electron chi connectivity index (χ4n) is 4.46. The Hall–Kier alpha value is -4.13. The molecule has 2 N–H and O–H groups in total. The zero-order chi connectivity index (χ0) is 27.1. The number of halogens is 1. The molecule has 198 valence electrons. The Morgan fingerprint density at radius 3 is 2.37 bits per heavy atom. The quantitative estimate of drug-likeness (QED) is 0.258. The molecular formula is C31H35FN4O2. The van der Waals surface area contributed by atoms with Gasteiger partial charge in [0.25, 0.3) is 0 Å². The van der Waals surface area contributed by atoms with E-state index in [4.69, 9.17) is 0 Å². The van der Waals surface area contributed by atoms with Crippen LogP contribution >= 0.6 is 0 Å². The Morgan fingerprint density at radius 2 is 1.66 bits per heavy atom. The Bertz CT molecular complexity index is 1360. The van der Waals surface area contributed by atoms with E-state index in [-0.39, 0.29) is 30.2 Å². The summed E-state index contributed by atoms with van der Waals surface area (Å²) in [6, 6.07) is 21.5. The van der Waals surface area contributed by atoms with Crippen LogP contribution in [0.15, 0.2) is 79.0 Å². The highest BCUT2D eigenvalue weighted by Gasteiger charge is 2.23. The molecule has 0 aliphatic rings. The maximum atomic E-state index is 13.7. The van der Waals surface area contributed by atoms with Gasteiger partial charge in [-0.05, 0) is 60.7 Å². The Balaban J connectivity index is 1.51. The number of carbonyl (C=O) groups is 2. The van der Waals surface area contributed by atoms with Crippen LogP contribution < -0.4 is 5.32 Å². The summed E-state index contributed by atoms with van der Waals surface area (Å²) in [7, 11) is 0. The van der Waals surface area contributed by atoms with E-state index < -0.39 is 0 Å². The van der Waals surface area contributed by atoms with Crippen LogP contribution in [0, 0.1) is 18.7 Å². The van der Waals surface area contributed by atoms with Gasteiger partial charge in [0, 0.05) is 42.4 Å². The molecular weight excluding hydrogens is 479 g/mol. The van der Waals surface area contributed by atoms with Crippen molar-refractivity contribution in [3.8, 4) is 0 Å². The summed E-state index contributed by atoms with van der Waals surface area (Å²) < 4.78 is 13.5. The molecule has 3 aromatic carbocycles. The highest BCUT2D eigenvalue weighted by molar-refractivity contribution is 5.92. The fraction of sp³-hybridized carbons (Fsp3) is 0.290. The molecule has 4 rings (SSSR count). The molecule has 7 heteroatoms. The van der Waals surface area contributed by atoms with Gasteiger partial charge in [-0.25, -0.2) is 9.18 Å². The third kappa shape index (κ3) is 7.22. The first-order chi connectivity index (χ1) is 18.3. The van der Waals surface area contributed by atoms with Crippen LogP contribution in [0.1, 0.15) is 30.5 Å². The van der Waals surface area contributed by atoms with Crippen molar-refractivity contribution < 1.29 is 14.0 Å². The van der Waals surface area contributed by atoms with Gasteiger partial charge in [-0.2, -0.15) is 0 Å². The van der Waals surface area contributed by atoms with Crippen molar-refractivity contribution >= 4 is 28.5 Å². The van der Waals surface area contributed by atoms with Crippen molar-refractivity contribution in [2.24, 2.45) is 5.92 Å². The van der Waals surface area contributed by atoms with Gasteiger partial charge < -0.3 is 20.1 Å². The van der Waals surface area contributed by atoms with Gasteiger partial charge in [0.05, 0.1) is 0 Å². The number of hydrogen-bond acceptors (Lipinski definition) is 2. The molecule has 0 spiro atoms. The number of aromatic nitrogens is 1. The molecule has 38 heavy (non-hydrogen) atoms. The van der Waals surface area contributed by atoms with Crippen molar-refractivity contribution in [1.82, 2.24) is 14.8 Å². The SMILES string of the molecule is Cc1ccc(NC(=O)N(CC(=O)N(CCc2c[nH]c3ccccc23)Cc2ccc(F)cc2)CC(C)C)cc1. The molecule has 0 fully saturated rings. The molecule has 0 atom stereocenters. The Labute approximate surface area is 223 Å². The number of nitrogens with zero attached hydrogens (tertiary/aromatic N) is 2. The Morgan fingerprint density at radius 1 is 0.947 bits per heavy atom. The first-order valence-electron chi connectivity index (χ1n) is 13.0. The maximum Gasteiger partial charge on any atom is 0.322 e. The van der Waals surface area contributed by atoms with Crippen LogP contribution in [0.25, 0.3) is 10.9 Å². The van der Waals surface area contributed by atoms with Gasteiger partial charge >= 0.3 is 6.03 Å². The second-order valence-corrected chi connectivity index (χ2v) is 10.1. The molecule has 0 unspecified atom stereocenters. The lowest BCUT2D eigenvalue weighted by molar-refractivity contribution is -0.132. The van der Waals surface area contributed by atoms with Gasteiger partial charge in [-0.1, -0.05) is 61.9 Å². The van der Waals surface area contributed by atoms with Gasteiger partial charge in [-0.15, -0.1) is 0 Å². The van der Waals surface area contributed by atoms with E-state index in [1.54, 1.807) is 21.9 Å². The van der Waals surface area contributed by atoms with E-state index in [1.165, 1.54) is 12.1 Å². The first kappa shape index (κ1) is 26.9. The van der Waals surface area contributed by atoms with Crippen LogP contribution in [0.2, 0.25) is 0 Å². The van der Waals surface area contributed by atoms with Crippen LogP contribution in [-0.2, 0) is 17.8 Å². The minimum absolute atomic E-state index is 0.0506. The number of benzene rings is 3. The zero-order valence-electron chi connectivity index (χ0n) is 22.2. The smallest absolute Gasteiger partial charge is 0.322 e. The number of carbonyl (C=O) groups excluding carboxylic acids is 2. The van der Waals surface area contributed by atoms with Gasteiger partial charge in [0.2, 0.25) is 5.91 Å². The van der Waals surface area contributed by atoms with E-state index in [2.05, 4.69) is 16.4 Å². The largest absolute Gasteiger partial charge is 0.361 e. The highest BCUT2D eigenvalue weighted by atomic mass is 19.1. The number of amides is 3.